The minimum absolute atomic E-state index is 0.0662. The number of amides is 1. The molecule has 1 heterocycles. The van der Waals surface area contributed by atoms with Crippen molar-refractivity contribution < 1.29 is 23.1 Å². The maximum atomic E-state index is 12.6. The second kappa shape index (κ2) is 11.0. The SMILES string of the molecule is CNC(=O)Oc1ccc(C[C@H]2CS(=O)(=O)C[C@H](NCc3cccc(C(C)C)c3)[C@H]2O)cc1Br. The number of sulfone groups is 1. The maximum Gasteiger partial charge on any atom is 0.412 e. The van der Waals surface area contributed by atoms with Gasteiger partial charge in [-0.3, -0.25) is 0 Å². The molecule has 3 N–H and O–H groups in total. The lowest BCUT2D eigenvalue weighted by molar-refractivity contribution is 0.0781. The summed E-state index contributed by atoms with van der Waals surface area (Å²) in [5.41, 5.74) is 3.12. The normalized spacial score (nSPS) is 22.2. The van der Waals surface area contributed by atoms with Crippen LogP contribution in [0.3, 0.4) is 0 Å². The molecule has 0 aliphatic carbocycles. The molecule has 1 aliphatic heterocycles. The number of halogens is 1. The molecular weight excluding hydrogens is 508 g/mol. The van der Waals surface area contributed by atoms with E-state index >= 15 is 0 Å². The molecule has 9 heteroatoms. The van der Waals surface area contributed by atoms with Crippen molar-refractivity contribution >= 4 is 31.9 Å². The Morgan fingerprint density at radius 3 is 2.61 bits per heavy atom. The zero-order valence-corrected chi connectivity index (χ0v) is 21.4. The number of hydrogen-bond donors (Lipinski definition) is 3. The van der Waals surface area contributed by atoms with Gasteiger partial charge in [-0.25, -0.2) is 13.2 Å². The summed E-state index contributed by atoms with van der Waals surface area (Å²) < 4.78 is 31.0. The standard InChI is InChI=1S/C24H31BrN2O5S/c1-15(2)18-6-4-5-17(10-18)12-27-21-14-33(30,31)13-19(23(21)28)9-16-7-8-22(20(25)11-16)32-24(29)26-3/h4-8,10-11,15,19,21,23,27-28H,9,12-14H2,1-3H3,(H,26,29)/t19-,21-,23-/m0/s1. The molecule has 0 saturated carbocycles. The van der Waals surface area contributed by atoms with Gasteiger partial charge in [0.15, 0.2) is 9.84 Å². The Bertz CT molecular complexity index is 1090. The lowest BCUT2D eigenvalue weighted by Gasteiger charge is -2.35. The number of nitrogens with one attached hydrogen (secondary N) is 2. The molecule has 2 aromatic carbocycles. The number of benzene rings is 2. The molecule has 0 spiro atoms. The molecule has 7 nitrogen and oxygen atoms in total. The van der Waals surface area contributed by atoms with E-state index < -0.39 is 34.0 Å². The van der Waals surface area contributed by atoms with Crippen molar-refractivity contribution in [2.75, 3.05) is 18.6 Å². The summed E-state index contributed by atoms with van der Waals surface area (Å²) in [5, 5.41) is 16.7. The van der Waals surface area contributed by atoms with Crippen molar-refractivity contribution in [1.29, 1.82) is 0 Å². The van der Waals surface area contributed by atoms with Gasteiger partial charge in [0.2, 0.25) is 0 Å². The maximum absolute atomic E-state index is 12.6. The van der Waals surface area contributed by atoms with E-state index in [0.717, 1.165) is 11.1 Å². The van der Waals surface area contributed by atoms with Gasteiger partial charge < -0.3 is 20.5 Å². The molecule has 0 bridgehead atoms. The minimum atomic E-state index is -3.31. The van der Waals surface area contributed by atoms with Crippen molar-refractivity contribution in [3.05, 3.63) is 63.6 Å². The lowest BCUT2D eigenvalue weighted by atomic mass is 9.91. The van der Waals surface area contributed by atoms with E-state index in [1.165, 1.54) is 12.6 Å². The summed E-state index contributed by atoms with van der Waals surface area (Å²) in [6.07, 6.45) is -0.993. The van der Waals surface area contributed by atoms with E-state index in [-0.39, 0.29) is 11.5 Å². The number of aliphatic hydroxyl groups excluding tert-OH is 1. The molecule has 33 heavy (non-hydrogen) atoms. The van der Waals surface area contributed by atoms with Crippen LogP contribution in [0.1, 0.15) is 36.5 Å². The predicted molar refractivity (Wildman–Crippen MR) is 132 cm³/mol. The molecule has 0 radical (unpaired) electrons. The van der Waals surface area contributed by atoms with Crippen LogP contribution in [0.2, 0.25) is 0 Å². The highest BCUT2D eigenvalue weighted by atomic mass is 79.9. The van der Waals surface area contributed by atoms with Gasteiger partial charge in [-0.1, -0.05) is 44.2 Å². The number of carbonyl (C=O) groups is 1. The van der Waals surface area contributed by atoms with Gasteiger partial charge in [-0.15, -0.1) is 0 Å². The Balaban J connectivity index is 1.70. The molecule has 1 amide bonds. The molecule has 1 aliphatic rings. The van der Waals surface area contributed by atoms with E-state index in [9.17, 15) is 18.3 Å². The van der Waals surface area contributed by atoms with Gasteiger partial charge in [0.05, 0.1) is 22.1 Å². The van der Waals surface area contributed by atoms with E-state index in [1.807, 2.05) is 12.1 Å². The molecule has 0 unspecified atom stereocenters. The first kappa shape index (κ1) is 25.7. The molecule has 3 atom stereocenters. The van der Waals surface area contributed by atoms with Gasteiger partial charge in [0.25, 0.3) is 0 Å². The van der Waals surface area contributed by atoms with Crippen LogP contribution in [-0.2, 0) is 22.8 Å². The summed E-state index contributed by atoms with van der Waals surface area (Å²) >= 11 is 3.39. The smallest absolute Gasteiger partial charge is 0.409 e. The van der Waals surface area contributed by atoms with Crippen molar-refractivity contribution in [2.45, 2.75) is 44.9 Å². The summed E-state index contributed by atoms with van der Waals surface area (Å²) in [6, 6.07) is 12.8. The van der Waals surface area contributed by atoms with Gasteiger partial charge >= 0.3 is 6.09 Å². The van der Waals surface area contributed by atoms with Crippen LogP contribution in [0.15, 0.2) is 46.9 Å². The number of aliphatic hydroxyl groups is 1. The van der Waals surface area contributed by atoms with Gasteiger partial charge in [-0.2, -0.15) is 0 Å². The van der Waals surface area contributed by atoms with Crippen LogP contribution in [0.5, 0.6) is 5.75 Å². The second-order valence-electron chi connectivity index (χ2n) is 8.82. The molecular formula is C24H31BrN2O5S. The van der Waals surface area contributed by atoms with Crippen LogP contribution >= 0.6 is 15.9 Å². The second-order valence-corrected chi connectivity index (χ2v) is 11.8. The van der Waals surface area contributed by atoms with Crippen molar-refractivity contribution in [1.82, 2.24) is 10.6 Å². The summed E-state index contributed by atoms with van der Waals surface area (Å²) in [4.78, 5) is 11.4. The third-order valence-corrected chi connectivity index (χ3v) is 8.31. The number of hydrogen-bond acceptors (Lipinski definition) is 6. The third-order valence-electron chi connectivity index (χ3n) is 5.88. The van der Waals surface area contributed by atoms with Crippen LogP contribution in [0.25, 0.3) is 0 Å². The number of carbonyl (C=O) groups excluding carboxylic acids is 1. The average Bonchev–Trinajstić information content (AvgIpc) is 2.76. The van der Waals surface area contributed by atoms with E-state index in [1.54, 1.807) is 18.2 Å². The third kappa shape index (κ3) is 7.02. The van der Waals surface area contributed by atoms with Crippen LogP contribution < -0.4 is 15.4 Å². The van der Waals surface area contributed by atoms with Gasteiger partial charge in [0.1, 0.15) is 5.75 Å². The topological polar surface area (TPSA) is 105 Å². The van der Waals surface area contributed by atoms with Gasteiger partial charge in [-0.05, 0) is 57.1 Å². The van der Waals surface area contributed by atoms with E-state index in [2.05, 4.69) is 52.5 Å². The summed E-state index contributed by atoms with van der Waals surface area (Å²) in [5.74, 6) is 0.168. The zero-order valence-electron chi connectivity index (χ0n) is 19.0. The largest absolute Gasteiger partial charge is 0.412 e. The van der Waals surface area contributed by atoms with Crippen LogP contribution in [0.4, 0.5) is 4.79 Å². The Morgan fingerprint density at radius 2 is 1.94 bits per heavy atom. The quantitative estimate of drug-likeness (QED) is 0.499. The van der Waals surface area contributed by atoms with Crippen LogP contribution in [0, 0.1) is 5.92 Å². The highest BCUT2D eigenvalue weighted by Crippen LogP contribution is 2.30. The first-order chi connectivity index (χ1) is 15.6. The molecule has 2 aromatic rings. The highest BCUT2D eigenvalue weighted by molar-refractivity contribution is 9.10. The van der Waals surface area contributed by atoms with E-state index in [4.69, 9.17) is 4.74 Å². The monoisotopic (exact) mass is 538 g/mol. The van der Waals surface area contributed by atoms with Crippen LogP contribution in [-0.4, -0.2) is 50.3 Å². The molecule has 0 aromatic heterocycles. The Kier molecular flexibility index (Phi) is 8.55. The number of ether oxygens (including phenoxy) is 1. The molecule has 1 fully saturated rings. The lowest BCUT2D eigenvalue weighted by Crippen LogP contribution is -2.54. The first-order valence-electron chi connectivity index (χ1n) is 11.0. The first-order valence-corrected chi connectivity index (χ1v) is 13.6. The Hall–Kier alpha value is -1.94. The average molecular weight is 539 g/mol. The summed E-state index contributed by atoms with van der Waals surface area (Å²) in [6.45, 7) is 4.75. The van der Waals surface area contributed by atoms with Crippen molar-refractivity contribution in [3.63, 3.8) is 0 Å². The fraction of sp³-hybridized carbons (Fsp3) is 0.458. The fourth-order valence-corrected chi connectivity index (χ4v) is 6.54. The van der Waals surface area contributed by atoms with E-state index in [0.29, 0.717) is 29.1 Å². The molecule has 180 valence electrons. The zero-order chi connectivity index (χ0) is 24.2. The van der Waals surface area contributed by atoms with Gasteiger partial charge in [0, 0.05) is 25.6 Å². The predicted octanol–water partition coefficient (Wildman–Crippen LogP) is 3.40. The molecule has 1 saturated heterocycles. The van der Waals surface area contributed by atoms with Crippen molar-refractivity contribution in [3.8, 4) is 5.75 Å². The number of rotatable bonds is 7. The highest BCUT2D eigenvalue weighted by Gasteiger charge is 2.39. The summed E-state index contributed by atoms with van der Waals surface area (Å²) in [7, 11) is -1.84. The molecule has 3 rings (SSSR count). The Labute approximate surface area is 204 Å². The Morgan fingerprint density at radius 1 is 1.18 bits per heavy atom. The van der Waals surface area contributed by atoms with Crippen molar-refractivity contribution in [2.24, 2.45) is 5.92 Å². The fourth-order valence-electron chi connectivity index (χ4n) is 4.07. The minimum Gasteiger partial charge on any atom is -0.409 e.